The quantitative estimate of drug-likeness (QED) is 0.0816. The molecule has 0 radical (unpaired) electrons. The maximum absolute atomic E-state index is 14.3. The third-order valence-electron chi connectivity index (χ3n) is 23.6. The van der Waals surface area contributed by atoms with E-state index >= 15 is 0 Å². The van der Waals surface area contributed by atoms with Crippen molar-refractivity contribution < 1.29 is 27.6 Å². The van der Waals surface area contributed by atoms with E-state index in [-0.39, 0.29) is 65.4 Å². The van der Waals surface area contributed by atoms with Gasteiger partial charge in [-0.05, 0) is 154 Å². The van der Waals surface area contributed by atoms with Crippen LogP contribution in [0.2, 0.25) is 0 Å². The molecule has 6 aromatic carbocycles. The first-order valence-electron chi connectivity index (χ1n) is 39.8. The number of pyridine rings is 3. The highest BCUT2D eigenvalue weighted by molar-refractivity contribution is 6.23. The molecule has 0 bridgehead atoms. The van der Waals surface area contributed by atoms with Crippen LogP contribution in [-0.4, -0.2) is 152 Å². The predicted octanol–water partition coefficient (Wildman–Crippen LogP) is 16.3. The van der Waals surface area contributed by atoms with Crippen LogP contribution < -0.4 is 30.7 Å². The second-order valence-corrected chi connectivity index (χ2v) is 31.2. The van der Waals surface area contributed by atoms with Crippen LogP contribution in [0.4, 0.5) is 65.1 Å². The van der Waals surface area contributed by atoms with Gasteiger partial charge in [-0.2, -0.15) is 15.3 Å². The Labute approximate surface area is 673 Å². The minimum absolute atomic E-state index is 0.0828. The number of aliphatic imine (C=N–C) groups is 3. The normalized spacial score (nSPS) is 19.7. The molecule has 3 aliphatic carbocycles. The van der Waals surface area contributed by atoms with Crippen molar-refractivity contribution in [2.24, 2.45) is 15.0 Å². The Morgan fingerprint density at radius 2 is 0.846 bits per heavy atom. The first-order chi connectivity index (χ1) is 56.9. The average molecular weight is 1560 g/mol. The molecule has 21 rings (SSSR count). The molecule has 6 atom stereocenters. The molecular weight excluding hydrogens is 1480 g/mol. The van der Waals surface area contributed by atoms with E-state index in [2.05, 4.69) is 82.9 Å². The first kappa shape index (κ1) is 73.6. The smallest absolute Gasteiger partial charge is 0.272 e. The largest absolute Gasteiger partial charge is 0.340 e. The minimum atomic E-state index is -2.93. The number of fused-ring (bicyclic) bond motifs is 15. The number of aryl methyl sites for hydroxylation is 1. The zero-order valence-electron chi connectivity index (χ0n) is 65.1. The molecule has 3 amide bonds. The Hall–Kier alpha value is -13.6. The summed E-state index contributed by atoms with van der Waals surface area (Å²) in [6.45, 7) is 4.33. The summed E-state index contributed by atoms with van der Waals surface area (Å²) in [7, 11) is 5.39. The molecule has 588 valence electrons. The van der Waals surface area contributed by atoms with Gasteiger partial charge in [-0.25, -0.2) is 42.2 Å². The minimum Gasteiger partial charge on any atom is -0.340 e. The number of carbonyl (C=O) groups excluding carboxylic acids is 3. The van der Waals surface area contributed by atoms with E-state index in [1.165, 1.54) is 18.3 Å². The van der Waals surface area contributed by atoms with E-state index in [1.807, 2.05) is 173 Å². The third kappa shape index (κ3) is 13.5. The number of benzene rings is 6. The van der Waals surface area contributed by atoms with Gasteiger partial charge in [0.1, 0.15) is 45.7 Å². The zero-order valence-corrected chi connectivity index (χ0v) is 65.1. The van der Waals surface area contributed by atoms with Crippen LogP contribution in [-0.2, 0) is 25.6 Å². The van der Waals surface area contributed by atoms with Crippen LogP contribution in [0.1, 0.15) is 124 Å². The summed E-state index contributed by atoms with van der Waals surface area (Å²) in [5, 5.41) is 25.3. The van der Waals surface area contributed by atoms with E-state index in [0.29, 0.717) is 94.3 Å². The van der Waals surface area contributed by atoms with Crippen molar-refractivity contribution in [3.05, 3.63) is 269 Å². The summed E-state index contributed by atoms with van der Waals surface area (Å²) in [5.74, 6) is 2.46. The fraction of sp³-hybridized carbons (Fsp3) is 0.267. The van der Waals surface area contributed by atoms with Crippen LogP contribution >= 0.6 is 0 Å². The van der Waals surface area contributed by atoms with Crippen molar-refractivity contribution in [1.82, 2.24) is 59.0 Å². The van der Waals surface area contributed by atoms with E-state index in [4.69, 9.17) is 30.3 Å². The van der Waals surface area contributed by atoms with E-state index in [0.717, 1.165) is 133 Å². The SMILES string of the molecule is CN1C(=O)c2c(Nc3ccccc3)nn(Cc3ccc(-c4ncccc4F)cc3)c2N2C1=N[C@@H]1CCC[C@@H]12.CN1C(=O)c2c(nn(Cc3ccc(-c4ccc(C(C)(F)F)cn4)cc3)c2Nc2ccccc2)N2C1=N[C@@H]1CCC[C@@H]12.Cc1cccnc1-c1ccc(Cn2nc3c(c2Nc2ccccc2)C(=O)N(C)C2=N[C@@H]4CCC[C@@H]4N23)cc1. The highest BCUT2D eigenvalue weighted by Crippen LogP contribution is 2.48. The first-order valence-corrected chi connectivity index (χ1v) is 39.8. The molecule has 12 aromatic rings. The van der Waals surface area contributed by atoms with Crippen LogP contribution in [0.15, 0.2) is 234 Å². The van der Waals surface area contributed by atoms with Gasteiger partial charge in [0, 0.05) is 86.0 Å². The highest BCUT2D eigenvalue weighted by Gasteiger charge is 2.53. The Morgan fingerprint density at radius 3 is 1.30 bits per heavy atom. The predicted molar refractivity (Wildman–Crippen MR) is 447 cm³/mol. The number of hydrogen-bond acceptors (Lipinski definition) is 18. The van der Waals surface area contributed by atoms with Crippen molar-refractivity contribution in [3.63, 3.8) is 0 Å². The number of nitrogens with one attached hydrogen (secondary N) is 3. The number of aromatic nitrogens is 9. The highest BCUT2D eigenvalue weighted by atomic mass is 19.3. The van der Waals surface area contributed by atoms with Gasteiger partial charge in [0.15, 0.2) is 17.5 Å². The lowest BCUT2D eigenvalue weighted by Gasteiger charge is -2.35. The van der Waals surface area contributed by atoms with E-state index in [1.54, 1.807) is 47.1 Å². The van der Waals surface area contributed by atoms with Crippen molar-refractivity contribution >= 4 is 87.6 Å². The summed E-state index contributed by atoms with van der Waals surface area (Å²) < 4.78 is 47.1. The summed E-state index contributed by atoms with van der Waals surface area (Å²) in [5.41, 5.74) is 12.9. The number of para-hydroxylation sites is 3. The topological polar surface area (TPSA) is 236 Å². The molecule has 6 aliphatic heterocycles. The summed E-state index contributed by atoms with van der Waals surface area (Å²) in [6.07, 6.45) is 14.2. The molecule has 6 aromatic heterocycles. The molecule has 0 saturated heterocycles. The van der Waals surface area contributed by atoms with Crippen molar-refractivity contribution in [2.45, 2.75) is 133 Å². The van der Waals surface area contributed by atoms with Gasteiger partial charge < -0.3 is 16.0 Å². The summed E-state index contributed by atoms with van der Waals surface area (Å²) >= 11 is 0. The number of nitrogens with zero attached hydrogens (tertiary/aromatic N) is 18. The van der Waals surface area contributed by atoms with Crippen molar-refractivity contribution in [3.8, 4) is 33.8 Å². The molecule has 27 heteroatoms. The van der Waals surface area contributed by atoms with Gasteiger partial charge in [-0.15, -0.1) is 0 Å². The van der Waals surface area contributed by atoms with E-state index < -0.39 is 5.92 Å². The third-order valence-corrected chi connectivity index (χ3v) is 23.6. The van der Waals surface area contributed by atoms with Gasteiger partial charge in [-0.3, -0.25) is 58.7 Å². The number of alkyl halides is 2. The Bertz CT molecular complexity index is 5900. The van der Waals surface area contributed by atoms with Gasteiger partial charge in [-0.1, -0.05) is 133 Å². The maximum Gasteiger partial charge on any atom is 0.272 e. The lowest BCUT2D eigenvalue weighted by molar-refractivity contribution is 0.0171. The van der Waals surface area contributed by atoms with Gasteiger partial charge in [0.2, 0.25) is 17.9 Å². The number of halogens is 3. The van der Waals surface area contributed by atoms with Gasteiger partial charge >= 0.3 is 0 Å². The second kappa shape index (κ2) is 30.0. The average Bonchev–Trinajstić information content (AvgIpc) is 1.57. The molecule has 0 unspecified atom stereocenters. The van der Waals surface area contributed by atoms with E-state index in [9.17, 15) is 27.6 Å². The number of anilines is 9. The number of hydrogen-bond donors (Lipinski definition) is 3. The monoisotopic (exact) mass is 1560 g/mol. The van der Waals surface area contributed by atoms with Crippen LogP contribution in [0.3, 0.4) is 0 Å². The molecule has 117 heavy (non-hydrogen) atoms. The Morgan fingerprint density at radius 1 is 0.427 bits per heavy atom. The molecule has 9 aliphatic rings. The Kier molecular flexibility index (Phi) is 18.9. The molecule has 3 N–H and O–H groups in total. The lowest BCUT2D eigenvalue weighted by Crippen LogP contribution is -2.52. The molecular formula is C90H84F3N21O3. The number of guanidine groups is 3. The van der Waals surface area contributed by atoms with Crippen molar-refractivity contribution in [1.29, 1.82) is 0 Å². The fourth-order valence-corrected chi connectivity index (χ4v) is 17.7. The number of carbonyl (C=O) groups is 3. The number of amides is 3. The molecule has 3 saturated carbocycles. The summed E-state index contributed by atoms with van der Waals surface area (Å²) in [4.78, 5) is 80.4. The molecule has 12 heterocycles. The van der Waals surface area contributed by atoms with Gasteiger partial charge in [0.25, 0.3) is 23.6 Å². The van der Waals surface area contributed by atoms with Crippen LogP contribution in [0.5, 0.6) is 0 Å². The Balaban J connectivity index is 0.000000117. The lowest BCUT2D eigenvalue weighted by atomic mass is 10.0. The summed E-state index contributed by atoms with van der Waals surface area (Å²) in [6, 6.07) is 64.6. The molecule has 3 fully saturated rings. The van der Waals surface area contributed by atoms with Crippen LogP contribution in [0.25, 0.3) is 33.8 Å². The van der Waals surface area contributed by atoms with Crippen LogP contribution in [0, 0.1) is 12.7 Å². The van der Waals surface area contributed by atoms with Gasteiger partial charge in [0.05, 0.1) is 67.3 Å². The molecule has 24 nitrogen and oxygen atoms in total. The zero-order chi connectivity index (χ0) is 79.9. The standard InChI is InChI=1S/C31H29F2N7O.C30H29N7O.C29H26FN7O/c1-31(32,33)21-15-16-23(34-17-21)20-13-11-19(12-14-20)18-39-27(35-22-7-4-3-5-8-22)26-28(37-39)40-25-10-6-9-24(25)36-30(40)38(2)29(26)41;1-19-8-7-17-31-26(19)21-15-13-20(14-16-21)18-36-27(32-22-9-4-3-5-10-22)25-28(34-36)37-24-12-6-11-23(24)33-30(37)35(2)29(25)38;1-35-28(38)24-26(32-20-7-3-2-4-8-20)34-36(27(24)37-23-11-5-10-22(23)33-29(35)37)17-18-12-14-19(15-13-18)25-21(30)9-6-16-31-25/h3-5,7-8,11-17,24-25,35H,6,9-10,18H2,1-2H3;3-5,7-10,13-17,23-24,32H,6,11-12,18H2,1-2H3;2-4,6-9,12-16,22-23H,5,10-11,17H2,1H3,(H,32,34)/t24-,25+;23-,24+;22-,23+/m111/s1. The van der Waals surface area contributed by atoms with Crippen molar-refractivity contribution in [2.75, 3.05) is 51.8 Å². The maximum atomic E-state index is 14.3. The second-order valence-electron chi connectivity index (χ2n) is 31.2. The fourth-order valence-electron chi connectivity index (χ4n) is 17.7. The number of rotatable bonds is 16. The molecule has 0 spiro atoms.